The van der Waals surface area contributed by atoms with Gasteiger partial charge in [0.25, 0.3) is 0 Å². The number of likely N-dealkylation sites (N-methyl/N-ethyl adjacent to an activating group) is 1. The van der Waals surface area contributed by atoms with E-state index in [0.717, 1.165) is 12.8 Å². The summed E-state index contributed by atoms with van der Waals surface area (Å²) in [6.07, 6.45) is 1.86. The standard InChI is InChI=1S/C9H15NO3/c1-3-10(6(2)11)8(9(12)13)7-4-5-7/h7-8H,3-5H2,1-2H3,(H,12,13). The van der Waals surface area contributed by atoms with Gasteiger partial charge in [-0.2, -0.15) is 0 Å². The van der Waals surface area contributed by atoms with Gasteiger partial charge in [0, 0.05) is 13.5 Å². The van der Waals surface area contributed by atoms with E-state index in [9.17, 15) is 9.59 Å². The number of hydrogen-bond acceptors (Lipinski definition) is 2. The minimum Gasteiger partial charge on any atom is -0.480 e. The van der Waals surface area contributed by atoms with Crippen LogP contribution in [0, 0.1) is 5.92 Å². The Labute approximate surface area is 77.5 Å². The summed E-state index contributed by atoms with van der Waals surface area (Å²) in [7, 11) is 0. The number of carbonyl (C=O) groups excluding carboxylic acids is 1. The fraction of sp³-hybridized carbons (Fsp3) is 0.778. The normalized spacial score (nSPS) is 18.0. The number of carboxylic acids is 1. The first-order valence-electron chi connectivity index (χ1n) is 4.58. The van der Waals surface area contributed by atoms with Crippen LogP contribution in [0.5, 0.6) is 0 Å². The van der Waals surface area contributed by atoms with Crippen molar-refractivity contribution in [1.29, 1.82) is 0 Å². The zero-order valence-corrected chi connectivity index (χ0v) is 7.99. The lowest BCUT2D eigenvalue weighted by molar-refractivity contribution is -0.150. The van der Waals surface area contributed by atoms with Crippen LogP contribution in [-0.4, -0.2) is 34.5 Å². The second kappa shape index (κ2) is 3.77. The number of nitrogens with zero attached hydrogens (tertiary/aromatic N) is 1. The molecular weight excluding hydrogens is 170 g/mol. The lowest BCUT2D eigenvalue weighted by Gasteiger charge is -2.26. The quantitative estimate of drug-likeness (QED) is 0.702. The minimum absolute atomic E-state index is 0.151. The van der Waals surface area contributed by atoms with Crippen molar-refractivity contribution in [2.45, 2.75) is 32.7 Å². The van der Waals surface area contributed by atoms with Gasteiger partial charge in [-0.15, -0.1) is 0 Å². The molecular formula is C9H15NO3. The molecule has 0 bridgehead atoms. The van der Waals surface area contributed by atoms with Gasteiger partial charge in [-0.25, -0.2) is 4.79 Å². The molecule has 1 rings (SSSR count). The molecule has 1 N–H and O–H groups in total. The van der Waals surface area contributed by atoms with E-state index in [4.69, 9.17) is 5.11 Å². The third-order valence-corrected chi connectivity index (χ3v) is 2.40. The first-order chi connectivity index (χ1) is 6.07. The van der Waals surface area contributed by atoms with E-state index >= 15 is 0 Å². The van der Waals surface area contributed by atoms with Crippen LogP contribution < -0.4 is 0 Å². The van der Waals surface area contributed by atoms with Crippen molar-refractivity contribution in [2.24, 2.45) is 5.92 Å². The molecule has 74 valence electrons. The maximum Gasteiger partial charge on any atom is 0.326 e. The summed E-state index contributed by atoms with van der Waals surface area (Å²) < 4.78 is 0. The highest BCUT2D eigenvalue weighted by atomic mass is 16.4. The van der Waals surface area contributed by atoms with Crippen LogP contribution in [0.15, 0.2) is 0 Å². The van der Waals surface area contributed by atoms with Crippen molar-refractivity contribution in [1.82, 2.24) is 4.90 Å². The average molecular weight is 185 g/mol. The summed E-state index contributed by atoms with van der Waals surface area (Å²) in [6.45, 7) is 3.70. The molecule has 13 heavy (non-hydrogen) atoms. The molecule has 0 aliphatic heterocycles. The van der Waals surface area contributed by atoms with Crippen LogP contribution in [0.1, 0.15) is 26.7 Å². The Balaban J connectivity index is 2.71. The second-order valence-corrected chi connectivity index (χ2v) is 3.43. The van der Waals surface area contributed by atoms with E-state index in [1.165, 1.54) is 11.8 Å². The van der Waals surface area contributed by atoms with Crippen LogP contribution in [0.25, 0.3) is 0 Å². The van der Waals surface area contributed by atoms with Gasteiger partial charge in [0.05, 0.1) is 0 Å². The summed E-state index contributed by atoms with van der Waals surface area (Å²) in [5.74, 6) is -0.845. The number of hydrogen-bond donors (Lipinski definition) is 1. The Morgan fingerprint density at radius 3 is 2.31 bits per heavy atom. The molecule has 1 saturated carbocycles. The number of carbonyl (C=O) groups is 2. The van der Waals surface area contributed by atoms with Gasteiger partial charge < -0.3 is 10.0 Å². The molecule has 1 unspecified atom stereocenters. The van der Waals surface area contributed by atoms with Crippen molar-refractivity contribution in [2.75, 3.05) is 6.54 Å². The van der Waals surface area contributed by atoms with E-state index in [1.54, 1.807) is 6.92 Å². The van der Waals surface area contributed by atoms with Gasteiger partial charge >= 0.3 is 5.97 Å². The summed E-state index contributed by atoms with van der Waals surface area (Å²) in [5.41, 5.74) is 0. The molecule has 0 aromatic heterocycles. The molecule has 0 spiro atoms. The second-order valence-electron chi connectivity index (χ2n) is 3.43. The molecule has 1 aliphatic carbocycles. The zero-order chi connectivity index (χ0) is 10.0. The van der Waals surface area contributed by atoms with Gasteiger partial charge in [0.15, 0.2) is 0 Å². The maximum atomic E-state index is 11.1. The molecule has 0 heterocycles. The summed E-state index contributed by atoms with van der Waals surface area (Å²) in [5, 5.41) is 8.94. The van der Waals surface area contributed by atoms with Gasteiger partial charge in [0.1, 0.15) is 6.04 Å². The SMILES string of the molecule is CCN(C(C)=O)C(C(=O)O)C1CC1. The highest BCUT2D eigenvalue weighted by Gasteiger charge is 2.40. The molecule has 0 aromatic rings. The van der Waals surface area contributed by atoms with Crippen LogP contribution in [0.2, 0.25) is 0 Å². The van der Waals surface area contributed by atoms with E-state index in [-0.39, 0.29) is 11.8 Å². The summed E-state index contributed by atoms with van der Waals surface area (Å²) >= 11 is 0. The Hall–Kier alpha value is -1.06. The lowest BCUT2D eigenvalue weighted by atomic mass is 10.1. The van der Waals surface area contributed by atoms with E-state index in [1.807, 2.05) is 0 Å². The molecule has 1 atom stereocenters. The largest absolute Gasteiger partial charge is 0.480 e. The first-order valence-corrected chi connectivity index (χ1v) is 4.58. The maximum absolute atomic E-state index is 11.1. The zero-order valence-electron chi connectivity index (χ0n) is 7.99. The fourth-order valence-electron chi connectivity index (χ4n) is 1.62. The highest BCUT2D eigenvalue weighted by Crippen LogP contribution is 2.35. The average Bonchev–Trinajstić information content (AvgIpc) is 2.80. The van der Waals surface area contributed by atoms with Gasteiger partial charge in [-0.3, -0.25) is 4.79 Å². The Bertz CT molecular complexity index is 223. The summed E-state index contributed by atoms with van der Waals surface area (Å²) in [6, 6.07) is -0.595. The summed E-state index contributed by atoms with van der Waals surface area (Å²) in [4.78, 5) is 23.4. The Morgan fingerprint density at radius 1 is 1.54 bits per heavy atom. The number of carboxylic acid groups (broad SMARTS) is 1. The molecule has 0 radical (unpaired) electrons. The Morgan fingerprint density at radius 2 is 2.08 bits per heavy atom. The van der Waals surface area contributed by atoms with Gasteiger partial charge in [-0.05, 0) is 25.7 Å². The number of aliphatic carboxylic acids is 1. The molecule has 1 amide bonds. The molecule has 1 fully saturated rings. The first kappa shape index (κ1) is 10.0. The van der Waals surface area contributed by atoms with Crippen molar-refractivity contribution in [3.63, 3.8) is 0 Å². The van der Waals surface area contributed by atoms with E-state index < -0.39 is 12.0 Å². The van der Waals surface area contributed by atoms with Crippen molar-refractivity contribution in [3.05, 3.63) is 0 Å². The number of amides is 1. The third kappa shape index (κ3) is 2.20. The molecule has 0 saturated heterocycles. The Kier molecular flexibility index (Phi) is 2.90. The highest BCUT2D eigenvalue weighted by molar-refractivity contribution is 5.82. The molecule has 4 heteroatoms. The van der Waals surface area contributed by atoms with Crippen molar-refractivity contribution in [3.8, 4) is 0 Å². The van der Waals surface area contributed by atoms with Gasteiger partial charge in [-0.1, -0.05) is 0 Å². The molecule has 0 aromatic carbocycles. The lowest BCUT2D eigenvalue weighted by Crippen LogP contribution is -2.45. The molecule has 4 nitrogen and oxygen atoms in total. The van der Waals surface area contributed by atoms with Crippen LogP contribution in [0.3, 0.4) is 0 Å². The predicted octanol–water partition coefficient (Wildman–Crippen LogP) is 0.718. The third-order valence-electron chi connectivity index (χ3n) is 2.40. The van der Waals surface area contributed by atoms with Crippen LogP contribution in [-0.2, 0) is 9.59 Å². The van der Waals surface area contributed by atoms with Crippen LogP contribution in [0.4, 0.5) is 0 Å². The smallest absolute Gasteiger partial charge is 0.326 e. The topological polar surface area (TPSA) is 57.6 Å². The van der Waals surface area contributed by atoms with Gasteiger partial charge in [0.2, 0.25) is 5.91 Å². The van der Waals surface area contributed by atoms with E-state index in [2.05, 4.69) is 0 Å². The van der Waals surface area contributed by atoms with Crippen LogP contribution >= 0.6 is 0 Å². The fourth-order valence-corrected chi connectivity index (χ4v) is 1.62. The minimum atomic E-state index is -0.875. The predicted molar refractivity (Wildman–Crippen MR) is 47.2 cm³/mol. The monoisotopic (exact) mass is 185 g/mol. The van der Waals surface area contributed by atoms with Crippen molar-refractivity contribution < 1.29 is 14.7 Å². The van der Waals surface area contributed by atoms with Crippen molar-refractivity contribution >= 4 is 11.9 Å². The van der Waals surface area contributed by atoms with E-state index in [0.29, 0.717) is 6.54 Å². The molecule has 1 aliphatic rings. The number of rotatable bonds is 4.